The molecule has 0 fully saturated rings. The van der Waals surface area contributed by atoms with Gasteiger partial charge in [0.05, 0.1) is 0 Å². The molecule has 0 aliphatic rings. The molecule has 0 heterocycles. The van der Waals surface area contributed by atoms with E-state index in [1.54, 1.807) is 0 Å². The van der Waals surface area contributed by atoms with Crippen LogP contribution in [0.1, 0.15) is 39.5 Å². The summed E-state index contributed by atoms with van der Waals surface area (Å²) in [7, 11) is 0. The Morgan fingerprint density at radius 3 is 2.40 bits per heavy atom. The molecule has 0 aromatic carbocycles. The van der Waals surface area contributed by atoms with Gasteiger partial charge in [-0.2, -0.15) is 4.39 Å². The third-order valence-electron chi connectivity index (χ3n) is 1.72. The number of carbonyl (C=O) groups is 1. The van der Waals surface area contributed by atoms with E-state index in [0.717, 1.165) is 19.3 Å². The van der Waals surface area contributed by atoms with Crippen molar-refractivity contribution in [3.05, 3.63) is 0 Å². The molecule has 0 amide bonds. The Morgan fingerprint density at radius 1 is 1.50 bits per heavy atom. The van der Waals surface area contributed by atoms with Crippen LogP contribution >= 0.6 is 0 Å². The Kier molecular flexibility index (Phi) is 5.17. The van der Waals surface area contributed by atoms with Crippen LogP contribution < -0.4 is 0 Å². The van der Waals surface area contributed by atoms with E-state index >= 15 is 0 Å². The maximum atomic E-state index is 11.8. The van der Waals surface area contributed by atoms with E-state index in [4.69, 9.17) is 0 Å². The molecule has 0 aromatic heterocycles. The predicted molar refractivity (Wildman–Crippen MR) is 39.4 cm³/mol. The quantitative estimate of drug-likeness (QED) is 0.545. The van der Waals surface area contributed by atoms with E-state index in [1.807, 2.05) is 13.8 Å². The number of rotatable bonds is 5. The standard InChI is InChI=1S/C8H15FO/c1-3-5-7(4-2)6-8(9)10/h7H,3-6H2,1-2H3. The van der Waals surface area contributed by atoms with Crippen molar-refractivity contribution in [3.63, 3.8) is 0 Å². The fourth-order valence-corrected chi connectivity index (χ4v) is 1.09. The molecule has 0 N–H and O–H groups in total. The third-order valence-corrected chi connectivity index (χ3v) is 1.72. The van der Waals surface area contributed by atoms with Gasteiger partial charge in [-0.3, -0.25) is 4.79 Å². The molecule has 0 saturated carbocycles. The summed E-state index contributed by atoms with van der Waals surface area (Å²) in [6.45, 7) is 4.04. The summed E-state index contributed by atoms with van der Waals surface area (Å²) in [5, 5.41) is 0. The Morgan fingerprint density at radius 2 is 2.10 bits per heavy atom. The van der Waals surface area contributed by atoms with Crippen molar-refractivity contribution in [2.24, 2.45) is 5.92 Å². The van der Waals surface area contributed by atoms with Gasteiger partial charge < -0.3 is 0 Å². The Hall–Kier alpha value is -0.400. The summed E-state index contributed by atoms with van der Waals surface area (Å²) in [5.41, 5.74) is 0. The molecule has 2 heteroatoms. The molecule has 0 aliphatic heterocycles. The molecule has 10 heavy (non-hydrogen) atoms. The predicted octanol–water partition coefficient (Wildman–Crippen LogP) is 2.70. The van der Waals surface area contributed by atoms with E-state index in [-0.39, 0.29) is 12.3 Å². The average Bonchev–Trinajstić information content (AvgIpc) is 1.86. The normalized spacial score (nSPS) is 13.1. The van der Waals surface area contributed by atoms with Crippen LogP contribution in [-0.4, -0.2) is 6.04 Å². The molecule has 1 atom stereocenters. The lowest BCUT2D eigenvalue weighted by Crippen LogP contribution is -2.02. The highest BCUT2D eigenvalue weighted by Crippen LogP contribution is 2.15. The SMILES string of the molecule is CCCC(CC)CC(=O)F. The van der Waals surface area contributed by atoms with Gasteiger partial charge in [0, 0.05) is 6.42 Å². The Labute approximate surface area is 61.6 Å². The van der Waals surface area contributed by atoms with Crippen molar-refractivity contribution < 1.29 is 9.18 Å². The average molecular weight is 146 g/mol. The van der Waals surface area contributed by atoms with Crippen LogP contribution in [0.3, 0.4) is 0 Å². The number of hydrogen-bond acceptors (Lipinski definition) is 1. The van der Waals surface area contributed by atoms with Crippen molar-refractivity contribution >= 4 is 6.04 Å². The summed E-state index contributed by atoms with van der Waals surface area (Å²) in [6.07, 6.45) is 3.02. The molecule has 1 unspecified atom stereocenters. The zero-order valence-corrected chi connectivity index (χ0v) is 6.69. The van der Waals surface area contributed by atoms with Crippen LogP contribution in [0.4, 0.5) is 4.39 Å². The molecule has 1 nitrogen and oxygen atoms in total. The van der Waals surface area contributed by atoms with E-state index < -0.39 is 6.04 Å². The van der Waals surface area contributed by atoms with Crippen LogP contribution in [0.2, 0.25) is 0 Å². The summed E-state index contributed by atoms with van der Waals surface area (Å²) in [6, 6.07) is -1.17. The second kappa shape index (κ2) is 5.39. The lowest BCUT2D eigenvalue weighted by Gasteiger charge is -2.08. The monoisotopic (exact) mass is 146 g/mol. The summed E-state index contributed by atoms with van der Waals surface area (Å²) >= 11 is 0. The van der Waals surface area contributed by atoms with Gasteiger partial charge in [0.1, 0.15) is 0 Å². The summed E-state index contributed by atoms with van der Waals surface area (Å²) < 4.78 is 11.8. The van der Waals surface area contributed by atoms with Crippen LogP contribution in [0.25, 0.3) is 0 Å². The van der Waals surface area contributed by atoms with Gasteiger partial charge in [0.2, 0.25) is 0 Å². The fraction of sp³-hybridized carbons (Fsp3) is 0.875. The van der Waals surface area contributed by atoms with Gasteiger partial charge >= 0.3 is 6.04 Å². The van der Waals surface area contributed by atoms with Crippen molar-refractivity contribution in [2.75, 3.05) is 0 Å². The smallest absolute Gasteiger partial charge is 0.261 e. The maximum absolute atomic E-state index is 11.8. The molecule has 60 valence electrons. The first-order valence-corrected chi connectivity index (χ1v) is 3.89. The largest absolute Gasteiger partial charge is 0.301 e. The molecule has 0 aromatic rings. The number of hydrogen-bond donors (Lipinski definition) is 0. The zero-order valence-electron chi connectivity index (χ0n) is 6.69. The summed E-state index contributed by atoms with van der Waals surface area (Å²) in [5.74, 6) is 0.266. The lowest BCUT2D eigenvalue weighted by atomic mass is 9.98. The minimum atomic E-state index is -1.17. The second-order valence-electron chi connectivity index (χ2n) is 2.62. The van der Waals surface area contributed by atoms with Gasteiger partial charge in [-0.1, -0.05) is 33.1 Å². The summed E-state index contributed by atoms with van der Waals surface area (Å²) in [4.78, 5) is 10.0. The maximum Gasteiger partial charge on any atom is 0.301 e. The van der Waals surface area contributed by atoms with Crippen LogP contribution in [0.15, 0.2) is 0 Å². The highest BCUT2D eigenvalue weighted by Gasteiger charge is 2.09. The molecule has 0 aliphatic carbocycles. The molecule has 0 bridgehead atoms. The molecule has 0 rings (SSSR count). The fourth-order valence-electron chi connectivity index (χ4n) is 1.09. The van der Waals surface area contributed by atoms with Crippen molar-refractivity contribution in [1.29, 1.82) is 0 Å². The van der Waals surface area contributed by atoms with Crippen molar-refractivity contribution in [2.45, 2.75) is 39.5 Å². The van der Waals surface area contributed by atoms with Crippen LogP contribution in [0.5, 0.6) is 0 Å². The Bertz CT molecular complexity index is 101. The second-order valence-corrected chi connectivity index (χ2v) is 2.62. The first kappa shape index (κ1) is 9.60. The number of halogens is 1. The van der Waals surface area contributed by atoms with Gasteiger partial charge in [-0.25, -0.2) is 0 Å². The Balaban J connectivity index is 3.49. The molecule has 0 saturated heterocycles. The highest BCUT2D eigenvalue weighted by molar-refractivity contribution is 5.68. The topological polar surface area (TPSA) is 17.1 Å². The first-order valence-electron chi connectivity index (χ1n) is 3.89. The highest BCUT2D eigenvalue weighted by atomic mass is 19.1. The molecular formula is C8H15FO. The van der Waals surface area contributed by atoms with E-state index in [0.29, 0.717) is 0 Å². The minimum Gasteiger partial charge on any atom is -0.261 e. The van der Waals surface area contributed by atoms with Gasteiger partial charge in [0.25, 0.3) is 0 Å². The third kappa shape index (κ3) is 4.48. The van der Waals surface area contributed by atoms with Gasteiger partial charge in [-0.15, -0.1) is 0 Å². The lowest BCUT2D eigenvalue weighted by molar-refractivity contribution is -0.130. The van der Waals surface area contributed by atoms with Gasteiger partial charge in [0.15, 0.2) is 0 Å². The van der Waals surface area contributed by atoms with Crippen LogP contribution in [-0.2, 0) is 4.79 Å². The van der Waals surface area contributed by atoms with E-state index in [9.17, 15) is 9.18 Å². The van der Waals surface area contributed by atoms with Crippen molar-refractivity contribution in [1.82, 2.24) is 0 Å². The number of carbonyl (C=O) groups excluding carboxylic acids is 1. The molecular weight excluding hydrogens is 131 g/mol. The minimum absolute atomic E-state index is 0.115. The van der Waals surface area contributed by atoms with E-state index in [1.165, 1.54) is 0 Å². The molecule has 0 spiro atoms. The van der Waals surface area contributed by atoms with E-state index in [2.05, 4.69) is 0 Å². The first-order chi connectivity index (χ1) is 4.70. The van der Waals surface area contributed by atoms with Crippen molar-refractivity contribution in [3.8, 4) is 0 Å². The van der Waals surface area contributed by atoms with Crippen LogP contribution in [0, 0.1) is 5.92 Å². The molecule has 0 radical (unpaired) electrons. The van der Waals surface area contributed by atoms with Gasteiger partial charge in [-0.05, 0) is 5.92 Å². The zero-order chi connectivity index (χ0) is 7.98.